The summed E-state index contributed by atoms with van der Waals surface area (Å²) in [6.45, 7) is 6.18. The Morgan fingerprint density at radius 2 is 1.95 bits per heavy atom. The number of rotatable bonds is 3. The molecule has 1 unspecified atom stereocenters. The molecule has 1 fully saturated rings. The van der Waals surface area contributed by atoms with Crippen LogP contribution in [0.3, 0.4) is 0 Å². The van der Waals surface area contributed by atoms with Crippen LogP contribution in [0.15, 0.2) is 12.1 Å². The Hall–Kier alpha value is -0.970. The van der Waals surface area contributed by atoms with E-state index in [9.17, 15) is 4.79 Å². The third kappa shape index (κ3) is 3.57. The molecule has 0 bridgehead atoms. The molecule has 20 heavy (non-hydrogen) atoms. The van der Waals surface area contributed by atoms with Crippen LogP contribution in [0.1, 0.15) is 12.5 Å². The summed E-state index contributed by atoms with van der Waals surface area (Å²) in [5.74, 6) is -0.461. The van der Waals surface area contributed by atoms with Gasteiger partial charge in [0.1, 0.15) is 0 Å². The van der Waals surface area contributed by atoms with Crippen molar-refractivity contribution < 1.29 is 9.90 Å². The van der Waals surface area contributed by atoms with Crippen LogP contribution in [0.2, 0.25) is 10.0 Å². The van der Waals surface area contributed by atoms with E-state index in [1.165, 1.54) is 0 Å². The SMILES string of the molecule is Cc1cc(Cl)c(N2CC(C)CN(CC(=O)O)C2)c(Cl)c1. The lowest BCUT2D eigenvalue weighted by Gasteiger charge is -2.40. The highest BCUT2D eigenvalue weighted by atomic mass is 35.5. The van der Waals surface area contributed by atoms with Crippen molar-refractivity contribution in [1.82, 2.24) is 4.90 Å². The van der Waals surface area contributed by atoms with Crippen molar-refractivity contribution in [1.29, 1.82) is 0 Å². The minimum absolute atomic E-state index is 0.0297. The maximum absolute atomic E-state index is 10.9. The average Bonchev–Trinajstić information content (AvgIpc) is 2.25. The Morgan fingerprint density at radius 3 is 2.50 bits per heavy atom. The first kappa shape index (κ1) is 15.4. The second kappa shape index (κ2) is 6.20. The van der Waals surface area contributed by atoms with Gasteiger partial charge in [0, 0.05) is 13.1 Å². The van der Waals surface area contributed by atoms with Crippen LogP contribution < -0.4 is 4.90 Å². The van der Waals surface area contributed by atoms with E-state index in [0.717, 1.165) is 24.3 Å². The standard InChI is InChI=1S/C14H18Cl2N2O2/c1-9-3-11(15)14(12(16)4-9)18-6-10(2)5-17(8-18)7-13(19)20/h3-4,10H,5-8H2,1-2H3,(H,19,20). The van der Waals surface area contributed by atoms with Gasteiger partial charge in [0.2, 0.25) is 0 Å². The number of aryl methyl sites for hydroxylation is 1. The molecule has 1 aromatic rings. The summed E-state index contributed by atoms with van der Waals surface area (Å²) in [6.07, 6.45) is 0. The number of carboxylic acids is 1. The molecule has 6 heteroatoms. The van der Waals surface area contributed by atoms with Gasteiger partial charge in [-0.15, -0.1) is 0 Å². The molecule has 1 aliphatic heterocycles. The molecule has 0 aliphatic carbocycles. The van der Waals surface area contributed by atoms with Crippen LogP contribution in [-0.4, -0.2) is 42.3 Å². The monoisotopic (exact) mass is 316 g/mol. The molecule has 110 valence electrons. The zero-order valence-electron chi connectivity index (χ0n) is 11.6. The van der Waals surface area contributed by atoms with Crippen LogP contribution in [0, 0.1) is 12.8 Å². The summed E-state index contributed by atoms with van der Waals surface area (Å²) >= 11 is 12.6. The van der Waals surface area contributed by atoms with Crippen molar-refractivity contribution in [3.63, 3.8) is 0 Å². The maximum atomic E-state index is 10.9. The van der Waals surface area contributed by atoms with E-state index in [2.05, 4.69) is 11.8 Å². The molecule has 0 spiro atoms. The summed E-state index contributed by atoms with van der Waals surface area (Å²) in [7, 11) is 0. The van der Waals surface area contributed by atoms with Gasteiger partial charge in [0.25, 0.3) is 0 Å². The molecule has 2 rings (SSSR count). The Bertz CT molecular complexity index is 499. The summed E-state index contributed by atoms with van der Waals surface area (Å²) in [5, 5.41) is 10.2. The fraction of sp³-hybridized carbons (Fsp3) is 0.500. The number of hydrogen-bond acceptors (Lipinski definition) is 3. The third-order valence-electron chi connectivity index (χ3n) is 3.31. The number of anilines is 1. The van der Waals surface area contributed by atoms with E-state index in [-0.39, 0.29) is 6.54 Å². The molecule has 1 atom stereocenters. The molecule has 0 amide bonds. The normalized spacial score (nSPS) is 20.2. The van der Waals surface area contributed by atoms with Gasteiger partial charge in [-0.25, -0.2) is 0 Å². The van der Waals surface area contributed by atoms with E-state index in [4.69, 9.17) is 28.3 Å². The summed E-state index contributed by atoms with van der Waals surface area (Å²) in [4.78, 5) is 14.8. The number of carbonyl (C=O) groups is 1. The minimum atomic E-state index is -0.819. The van der Waals surface area contributed by atoms with Gasteiger partial charge in [-0.2, -0.15) is 0 Å². The molecular weight excluding hydrogens is 299 g/mol. The smallest absolute Gasteiger partial charge is 0.317 e. The topological polar surface area (TPSA) is 43.8 Å². The van der Waals surface area contributed by atoms with Gasteiger partial charge < -0.3 is 10.0 Å². The molecular formula is C14H18Cl2N2O2. The van der Waals surface area contributed by atoms with Crippen LogP contribution in [0.5, 0.6) is 0 Å². The predicted molar refractivity (Wildman–Crippen MR) is 81.8 cm³/mol. The van der Waals surface area contributed by atoms with Crippen molar-refractivity contribution in [3.05, 3.63) is 27.7 Å². The fourth-order valence-electron chi connectivity index (χ4n) is 2.69. The van der Waals surface area contributed by atoms with E-state index in [1.54, 1.807) is 0 Å². The van der Waals surface area contributed by atoms with Crippen molar-refractivity contribution in [2.45, 2.75) is 13.8 Å². The highest BCUT2D eigenvalue weighted by molar-refractivity contribution is 6.39. The molecule has 1 saturated heterocycles. The highest BCUT2D eigenvalue weighted by Crippen LogP contribution is 2.36. The summed E-state index contributed by atoms with van der Waals surface area (Å²) in [5.41, 5.74) is 1.80. The van der Waals surface area contributed by atoms with E-state index < -0.39 is 5.97 Å². The van der Waals surface area contributed by atoms with Gasteiger partial charge >= 0.3 is 5.97 Å². The van der Waals surface area contributed by atoms with E-state index >= 15 is 0 Å². The summed E-state index contributed by atoms with van der Waals surface area (Å²) < 4.78 is 0. The summed E-state index contributed by atoms with van der Waals surface area (Å²) in [6, 6.07) is 3.76. The largest absolute Gasteiger partial charge is 0.480 e. The van der Waals surface area contributed by atoms with Crippen LogP contribution in [-0.2, 0) is 4.79 Å². The Morgan fingerprint density at radius 1 is 1.35 bits per heavy atom. The number of aliphatic carboxylic acids is 1. The zero-order valence-corrected chi connectivity index (χ0v) is 13.1. The van der Waals surface area contributed by atoms with Crippen molar-refractivity contribution in [2.75, 3.05) is 31.2 Å². The van der Waals surface area contributed by atoms with Crippen LogP contribution >= 0.6 is 23.2 Å². The number of hydrogen-bond donors (Lipinski definition) is 1. The average molecular weight is 317 g/mol. The Balaban J connectivity index is 2.25. The molecule has 0 radical (unpaired) electrons. The first-order chi connectivity index (χ1) is 9.36. The lowest BCUT2D eigenvalue weighted by molar-refractivity contribution is -0.138. The molecule has 1 aromatic carbocycles. The Kier molecular flexibility index (Phi) is 4.78. The fourth-order valence-corrected chi connectivity index (χ4v) is 3.53. The maximum Gasteiger partial charge on any atom is 0.317 e. The van der Waals surface area contributed by atoms with Crippen LogP contribution in [0.25, 0.3) is 0 Å². The lowest BCUT2D eigenvalue weighted by atomic mass is 10.1. The number of halogens is 2. The quantitative estimate of drug-likeness (QED) is 0.930. The molecule has 1 N–H and O–H groups in total. The van der Waals surface area contributed by atoms with E-state index in [0.29, 0.717) is 22.6 Å². The molecule has 1 heterocycles. The molecule has 1 aliphatic rings. The predicted octanol–water partition coefficient (Wildman–Crippen LogP) is 3.10. The molecule has 4 nitrogen and oxygen atoms in total. The number of benzene rings is 1. The van der Waals surface area contributed by atoms with Gasteiger partial charge in [0.05, 0.1) is 28.9 Å². The number of nitrogens with zero attached hydrogens (tertiary/aromatic N) is 2. The van der Waals surface area contributed by atoms with Gasteiger partial charge in [-0.3, -0.25) is 9.69 Å². The van der Waals surface area contributed by atoms with Crippen molar-refractivity contribution in [3.8, 4) is 0 Å². The second-order valence-electron chi connectivity index (χ2n) is 5.45. The van der Waals surface area contributed by atoms with Gasteiger partial charge in [0.15, 0.2) is 0 Å². The van der Waals surface area contributed by atoms with Crippen molar-refractivity contribution >= 4 is 34.9 Å². The van der Waals surface area contributed by atoms with Crippen LogP contribution in [0.4, 0.5) is 5.69 Å². The van der Waals surface area contributed by atoms with Gasteiger partial charge in [-0.1, -0.05) is 30.1 Å². The van der Waals surface area contributed by atoms with E-state index in [1.807, 2.05) is 24.0 Å². The minimum Gasteiger partial charge on any atom is -0.480 e. The first-order valence-corrected chi connectivity index (χ1v) is 7.27. The zero-order chi connectivity index (χ0) is 14.9. The second-order valence-corrected chi connectivity index (χ2v) is 6.27. The number of carboxylic acid groups (broad SMARTS) is 1. The van der Waals surface area contributed by atoms with Crippen molar-refractivity contribution in [2.24, 2.45) is 5.92 Å². The molecule has 0 saturated carbocycles. The van der Waals surface area contributed by atoms with Gasteiger partial charge in [-0.05, 0) is 30.5 Å². The highest BCUT2D eigenvalue weighted by Gasteiger charge is 2.26. The Labute approximate surface area is 128 Å². The molecule has 0 aromatic heterocycles. The third-order valence-corrected chi connectivity index (χ3v) is 3.89. The first-order valence-electron chi connectivity index (χ1n) is 6.51. The lowest BCUT2D eigenvalue weighted by Crippen LogP contribution is -2.50.